The van der Waals surface area contributed by atoms with Gasteiger partial charge < -0.3 is 14.3 Å². The summed E-state index contributed by atoms with van der Waals surface area (Å²) in [5.74, 6) is 0.259. The number of aromatic nitrogens is 3. The van der Waals surface area contributed by atoms with Gasteiger partial charge in [0.05, 0.1) is 30.5 Å². The molecule has 3 rings (SSSR count). The molecule has 1 N–H and O–H groups in total. The molecule has 3 heterocycles. The summed E-state index contributed by atoms with van der Waals surface area (Å²) in [4.78, 5) is 20.4. The van der Waals surface area contributed by atoms with Gasteiger partial charge in [0.25, 0.3) is 5.91 Å². The second-order valence-electron chi connectivity index (χ2n) is 4.37. The van der Waals surface area contributed by atoms with E-state index in [4.69, 9.17) is 8.94 Å². The number of furan rings is 1. The van der Waals surface area contributed by atoms with Crippen LogP contribution in [0.2, 0.25) is 0 Å². The minimum atomic E-state index is -0.323. The number of aryl methyl sites for hydroxylation is 1. The summed E-state index contributed by atoms with van der Waals surface area (Å²) in [6.07, 6.45) is 6.31. The molecule has 7 heteroatoms. The van der Waals surface area contributed by atoms with Crippen molar-refractivity contribution in [1.29, 1.82) is 0 Å². The molecule has 0 spiro atoms. The maximum absolute atomic E-state index is 11.9. The highest BCUT2D eigenvalue weighted by molar-refractivity contribution is 5.92. The van der Waals surface area contributed by atoms with Gasteiger partial charge in [0.15, 0.2) is 5.69 Å². The molecule has 0 saturated carbocycles. The molecule has 0 radical (unpaired) electrons. The first kappa shape index (κ1) is 13.0. The molecular formula is C14H12N4O3. The highest BCUT2D eigenvalue weighted by atomic mass is 16.5. The van der Waals surface area contributed by atoms with Gasteiger partial charge in [-0.2, -0.15) is 0 Å². The zero-order chi connectivity index (χ0) is 14.7. The molecule has 1 amide bonds. The summed E-state index contributed by atoms with van der Waals surface area (Å²) in [6, 6.07) is 3.36. The number of hydrogen-bond donors (Lipinski definition) is 1. The van der Waals surface area contributed by atoms with Gasteiger partial charge in [0.1, 0.15) is 5.76 Å². The molecule has 0 aromatic carbocycles. The fraction of sp³-hybridized carbons (Fsp3) is 0.143. The third-order valence-corrected chi connectivity index (χ3v) is 2.85. The van der Waals surface area contributed by atoms with Crippen molar-refractivity contribution in [1.82, 2.24) is 20.4 Å². The second-order valence-corrected chi connectivity index (χ2v) is 4.37. The van der Waals surface area contributed by atoms with Crippen LogP contribution in [0.4, 0.5) is 0 Å². The third kappa shape index (κ3) is 2.81. The van der Waals surface area contributed by atoms with Crippen molar-refractivity contribution in [2.24, 2.45) is 0 Å². The van der Waals surface area contributed by atoms with Gasteiger partial charge >= 0.3 is 0 Å². The van der Waals surface area contributed by atoms with Gasteiger partial charge in [-0.15, -0.1) is 0 Å². The van der Waals surface area contributed by atoms with E-state index in [1.165, 1.54) is 0 Å². The topological polar surface area (TPSA) is 94.1 Å². The number of nitrogens with one attached hydrogen (secondary N) is 1. The average molecular weight is 284 g/mol. The Morgan fingerprint density at radius 3 is 2.90 bits per heavy atom. The van der Waals surface area contributed by atoms with Crippen molar-refractivity contribution in [2.45, 2.75) is 13.5 Å². The Kier molecular flexibility index (Phi) is 3.46. The van der Waals surface area contributed by atoms with E-state index < -0.39 is 0 Å². The van der Waals surface area contributed by atoms with Crippen LogP contribution in [0.5, 0.6) is 0 Å². The van der Waals surface area contributed by atoms with Crippen LogP contribution < -0.4 is 5.32 Å². The van der Waals surface area contributed by atoms with Crippen LogP contribution in [-0.4, -0.2) is 21.0 Å². The number of carbonyl (C=O) groups is 1. The average Bonchev–Trinajstić information content (AvgIpc) is 3.16. The molecule has 0 aliphatic carbocycles. The Hall–Kier alpha value is -2.96. The lowest BCUT2D eigenvalue weighted by Gasteiger charge is -2.06. The van der Waals surface area contributed by atoms with Crippen molar-refractivity contribution in [3.8, 4) is 11.3 Å². The first-order chi connectivity index (χ1) is 10.2. The molecule has 0 aliphatic rings. The summed E-state index contributed by atoms with van der Waals surface area (Å²) < 4.78 is 9.91. The number of rotatable bonds is 4. The second kappa shape index (κ2) is 5.58. The van der Waals surface area contributed by atoms with Crippen LogP contribution in [0.25, 0.3) is 11.3 Å². The molecule has 0 saturated heterocycles. The maximum Gasteiger partial charge on any atom is 0.273 e. The van der Waals surface area contributed by atoms with Crippen molar-refractivity contribution in [3.05, 3.63) is 54.2 Å². The Morgan fingerprint density at radius 1 is 1.33 bits per heavy atom. The van der Waals surface area contributed by atoms with E-state index in [1.807, 2.05) is 0 Å². The lowest BCUT2D eigenvalue weighted by atomic mass is 10.2. The third-order valence-electron chi connectivity index (χ3n) is 2.85. The summed E-state index contributed by atoms with van der Waals surface area (Å²) >= 11 is 0. The van der Waals surface area contributed by atoms with Crippen LogP contribution in [-0.2, 0) is 6.54 Å². The van der Waals surface area contributed by atoms with E-state index in [9.17, 15) is 4.79 Å². The van der Waals surface area contributed by atoms with Gasteiger partial charge in [-0.3, -0.25) is 14.8 Å². The van der Waals surface area contributed by atoms with Crippen LogP contribution in [0.15, 0.2) is 46.0 Å². The number of nitrogens with zero attached hydrogens (tertiary/aromatic N) is 3. The van der Waals surface area contributed by atoms with E-state index >= 15 is 0 Å². The van der Waals surface area contributed by atoms with Crippen LogP contribution in [0.1, 0.15) is 21.9 Å². The van der Waals surface area contributed by atoms with E-state index in [0.29, 0.717) is 17.1 Å². The Labute approximate surface area is 120 Å². The van der Waals surface area contributed by atoms with E-state index in [0.717, 1.165) is 5.56 Å². The molecule has 0 aliphatic heterocycles. The Bertz CT molecular complexity index is 749. The van der Waals surface area contributed by atoms with Crippen molar-refractivity contribution in [2.75, 3.05) is 0 Å². The van der Waals surface area contributed by atoms with Gasteiger partial charge in [-0.05, 0) is 13.0 Å². The standard InChI is InChI=1S/C14H12N4O3/c1-9-6-11(18-21-9)14(19)17-7-12-13(16-4-3-15-12)10-2-5-20-8-10/h2-6,8H,7H2,1H3,(H,17,19). The first-order valence-electron chi connectivity index (χ1n) is 6.28. The molecule has 106 valence electrons. The number of amides is 1. The van der Waals surface area contributed by atoms with Crippen molar-refractivity contribution < 1.29 is 13.7 Å². The Morgan fingerprint density at radius 2 is 2.19 bits per heavy atom. The summed E-state index contributed by atoms with van der Waals surface area (Å²) in [6.45, 7) is 1.96. The maximum atomic E-state index is 11.9. The molecule has 0 unspecified atom stereocenters. The molecule has 7 nitrogen and oxygen atoms in total. The minimum absolute atomic E-state index is 0.235. The van der Waals surface area contributed by atoms with Crippen LogP contribution >= 0.6 is 0 Å². The summed E-state index contributed by atoms with van der Waals surface area (Å²) in [5.41, 5.74) is 2.36. The van der Waals surface area contributed by atoms with E-state index in [1.54, 1.807) is 44.0 Å². The zero-order valence-corrected chi connectivity index (χ0v) is 11.2. The zero-order valence-electron chi connectivity index (χ0n) is 11.2. The largest absolute Gasteiger partial charge is 0.472 e. The smallest absolute Gasteiger partial charge is 0.273 e. The lowest BCUT2D eigenvalue weighted by Crippen LogP contribution is -2.24. The SMILES string of the molecule is Cc1cc(C(=O)NCc2nccnc2-c2ccoc2)no1. The van der Waals surface area contributed by atoms with Gasteiger partial charge in [0, 0.05) is 24.0 Å². The van der Waals surface area contributed by atoms with E-state index in [-0.39, 0.29) is 18.1 Å². The first-order valence-corrected chi connectivity index (χ1v) is 6.28. The van der Waals surface area contributed by atoms with Gasteiger partial charge in [0.2, 0.25) is 0 Å². The molecule has 3 aromatic rings. The minimum Gasteiger partial charge on any atom is -0.472 e. The molecule has 0 fully saturated rings. The lowest BCUT2D eigenvalue weighted by molar-refractivity contribution is 0.0941. The predicted octanol–water partition coefficient (Wildman–Crippen LogP) is 1.96. The number of carbonyl (C=O) groups excluding carboxylic acids is 1. The van der Waals surface area contributed by atoms with Crippen molar-refractivity contribution in [3.63, 3.8) is 0 Å². The highest BCUT2D eigenvalue weighted by Crippen LogP contribution is 2.19. The fourth-order valence-electron chi connectivity index (χ4n) is 1.86. The normalized spacial score (nSPS) is 10.5. The quantitative estimate of drug-likeness (QED) is 0.787. The summed E-state index contributed by atoms with van der Waals surface area (Å²) in [5, 5.41) is 6.40. The predicted molar refractivity (Wildman–Crippen MR) is 72.1 cm³/mol. The molecule has 3 aromatic heterocycles. The van der Waals surface area contributed by atoms with Crippen LogP contribution in [0.3, 0.4) is 0 Å². The highest BCUT2D eigenvalue weighted by Gasteiger charge is 2.13. The fourth-order valence-corrected chi connectivity index (χ4v) is 1.86. The Balaban J connectivity index is 1.75. The van der Waals surface area contributed by atoms with Gasteiger partial charge in [-0.1, -0.05) is 5.16 Å². The van der Waals surface area contributed by atoms with Crippen molar-refractivity contribution >= 4 is 5.91 Å². The number of hydrogen-bond acceptors (Lipinski definition) is 6. The summed E-state index contributed by atoms with van der Waals surface area (Å²) in [7, 11) is 0. The van der Waals surface area contributed by atoms with Crippen LogP contribution in [0, 0.1) is 6.92 Å². The molecule has 21 heavy (non-hydrogen) atoms. The molecule has 0 atom stereocenters. The van der Waals surface area contributed by atoms with E-state index in [2.05, 4.69) is 20.4 Å². The van der Waals surface area contributed by atoms with Gasteiger partial charge in [-0.25, -0.2) is 0 Å². The molecule has 0 bridgehead atoms. The monoisotopic (exact) mass is 284 g/mol. The molecular weight excluding hydrogens is 272 g/mol.